The van der Waals surface area contributed by atoms with E-state index in [0.29, 0.717) is 11.5 Å². The number of primary amides is 1. The Balaban J connectivity index is 2.13. The van der Waals surface area contributed by atoms with Crippen molar-refractivity contribution in [2.24, 2.45) is 5.73 Å². The van der Waals surface area contributed by atoms with Gasteiger partial charge < -0.3 is 15.7 Å². The molecule has 1 fully saturated rings. The van der Waals surface area contributed by atoms with Crippen molar-refractivity contribution in [3.05, 3.63) is 18.0 Å². The van der Waals surface area contributed by atoms with Crippen LogP contribution in [0.3, 0.4) is 0 Å². The van der Waals surface area contributed by atoms with E-state index in [4.69, 9.17) is 10.8 Å². The summed E-state index contributed by atoms with van der Waals surface area (Å²) < 4.78 is 0. The minimum absolute atomic E-state index is 0.0838. The molecule has 1 saturated heterocycles. The molecule has 1 aromatic rings. The summed E-state index contributed by atoms with van der Waals surface area (Å²) in [5.41, 5.74) is 5.85. The molecular weight excluding hydrogens is 196 g/mol. The van der Waals surface area contributed by atoms with E-state index in [9.17, 15) is 4.79 Å². The Morgan fingerprint density at radius 2 is 2.27 bits per heavy atom. The van der Waals surface area contributed by atoms with Crippen LogP contribution in [0, 0.1) is 0 Å². The molecule has 1 atom stereocenters. The first-order valence-corrected chi connectivity index (χ1v) is 4.70. The third kappa shape index (κ3) is 1.75. The molecule has 0 radical (unpaired) electrons. The van der Waals surface area contributed by atoms with Gasteiger partial charge in [0.1, 0.15) is 6.04 Å². The van der Waals surface area contributed by atoms with E-state index in [2.05, 4.69) is 9.97 Å². The van der Waals surface area contributed by atoms with Crippen molar-refractivity contribution in [2.45, 2.75) is 19.1 Å². The van der Waals surface area contributed by atoms with Gasteiger partial charge in [0.05, 0.1) is 6.61 Å². The Hall–Kier alpha value is -1.69. The maximum Gasteiger partial charge on any atom is 0.240 e. The number of amides is 1. The molecular formula is C9H12N4O2. The molecule has 0 aromatic carbocycles. The highest BCUT2D eigenvalue weighted by molar-refractivity contribution is 5.84. The van der Waals surface area contributed by atoms with E-state index in [-0.39, 0.29) is 18.6 Å². The van der Waals surface area contributed by atoms with Crippen LogP contribution >= 0.6 is 0 Å². The molecule has 1 aromatic heterocycles. The van der Waals surface area contributed by atoms with Gasteiger partial charge in [0, 0.05) is 24.5 Å². The number of carbonyl (C=O) groups excluding carboxylic acids is 1. The first-order valence-electron chi connectivity index (χ1n) is 4.70. The summed E-state index contributed by atoms with van der Waals surface area (Å²) in [4.78, 5) is 20.8. The van der Waals surface area contributed by atoms with E-state index in [0.717, 1.165) is 13.0 Å². The number of anilines is 1. The van der Waals surface area contributed by atoms with Gasteiger partial charge in [-0.25, -0.2) is 9.97 Å². The van der Waals surface area contributed by atoms with Crippen LogP contribution in [0.15, 0.2) is 12.4 Å². The minimum Gasteiger partial charge on any atom is -0.392 e. The smallest absolute Gasteiger partial charge is 0.240 e. The topological polar surface area (TPSA) is 92.3 Å². The fourth-order valence-corrected chi connectivity index (χ4v) is 1.50. The Morgan fingerprint density at radius 1 is 1.60 bits per heavy atom. The number of rotatable bonds is 3. The lowest BCUT2D eigenvalue weighted by Gasteiger charge is -2.38. The number of nitrogens with two attached hydrogens (primary N) is 1. The lowest BCUT2D eigenvalue weighted by atomic mass is 10.0. The predicted molar refractivity (Wildman–Crippen MR) is 52.9 cm³/mol. The fourth-order valence-electron chi connectivity index (χ4n) is 1.50. The summed E-state index contributed by atoms with van der Waals surface area (Å²) in [7, 11) is 0. The third-order valence-corrected chi connectivity index (χ3v) is 2.48. The molecule has 0 aliphatic carbocycles. The van der Waals surface area contributed by atoms with Crippen LogP contribution in [-0.4, -0.2) is 33.6 Å². The third-order valence-electron chi connectivity index (χ3n) is 2.48. The molecule has 0 bridgehead atoms. The summed E-state index contributed by atoms with van der Waals surface area (Å²) in [6, 6.07) is -0.287. The van der Waals surface area contributed by atoms with Crippen LogP contribution in [0.2, 0.25) is 0 Å². The molecule has 0 saturated carbocycles. The van der Waals surface area contributed by atoms with Gasteiger partial charge >= 0.3 is 0 Å². The second-order valence-electron chi connectivity index (χ2n) is 3.45. The SMILES string of the molecule is NC(=O)C1CCN1c1ncc(CO)cn1. The summed E-state index contributed by atoms with van der Waals surface area (Å²) in [5.74, 6) is 0.137. The average Bonchev–Trinajstić information content (AvgIpc) is 2.16. The van der Waals surface area contributed by atoms with Crippen LogP contribution < -0.4 is 10.6 Å². The summed E-state index contributed by atoms with van der Waals surface area (Å²) in [6.45, 7) is 0.658. The van der Waals surface area contributed by atoms with Crippen LogP contribution in [0.25, 0.3) is 0 Å². The van der Waals surface area contributed by atoms with E-state index in [1.165, 1.54) is 0 Å². The van der Waals surface area contributed by atoms with Gasteiger partial charge in [-0.2, -0.15) is 0 Å². The van der Waals surface area contributed by atoms with E-state index in [1.807, 2.05) is 0 Å². The van der Waals surface area contributed by atoms with E-state index >= 15 is 0 Å². The second kappa shape index (κ2) is 3.82. The highest BCUT2D eigenvalue weighted by Crippen LogP contribution is 2.22. The highest BCUT2D eigenvalue weighted by atomic mass is 16.3. The van der Waals surface area contributed by atoms with E-state index < -0.39 is 0 Å². The fraction of sp³-hybridized carbons (Fsp3) is 0.444. The zero-order valence-electron chi connectivity index (χ0n) is 8.13. The molecule has 6 heteroatoms. The number of hydrogen-bond acceptors (Lipinski definition) is 5. The van der Waals surface area contributed by atoms with Crippen molar-refractivity contribution in [2.75, 3.05) is 11.4 Å². The quantitative estimate of drug-likeness (QED) is 0.667. The van der Waals surface area contributed by atoms with Gasteiger partial charge in [-0.15, -0.1) is 0 Å². The van der Waals surface area contributed by atoms with E-state index in [1.54, 1.807) is 17.3 Å². The Labute approximate surface area is 86.7 Å². The van der Waals surface area contributed by atoms with Gasteiger partial charge in [-0.1, -0.05) is 0 Å². The van der Waals surface area contributed by atoms with Crippen LogP contribution in [-0.2, 0) is 11.4 Å². The van der Waals surface area contributed by atoms with Gasteiger partial charge in [0.15, 0.2) is 0 Å². The molecule has 1 aliphatic rings. The van der Waals surface area contributed by atoms with Crippen molar-refractivity contribution < 1.29 is 9.90 Å². The number of nitrogens with zero attached hydrogens (tertiary/aromatic N) is 3. The second-order valence-corrected chi connectivity index (χ2v) is 3.45. The van der Waals surface area contributed by atoms with Gasteiger partial charge in [0.2, 0.25) is 11.9 Å². The first-order chi connectivity index (χ1) is 7.22. The predicted octanol–water partition coefficient (Wildman–Crippen LogP) is -0.967. The highest BCUT2D eigenvalue weighted by Gasteiger charge is 2.34. The summed E-state index contributed by atoms with van der Waals surface area (Å²) in [5, 5.41) is 8.81. The molecule has 15 heavy (non-hydrogen) atoms. The standard InChI is InChI=1S/C9H12N4O2/c10-8(15)7-1-2-13(7)9-11-3-6(5-14)4-12-9/h3-4,7,14H,1-2,5H2,(H2,10,15). The zero-order valence-corrected chi connectivity index (χ0v) is 8.13. The molecule has 2 rings (SSSR count). The van der Waals surface area contributed by atoms with Gasteiger partial charge in [-0.3, -0.25) is 4.79 Å². The molecule has 80 valence electrons. The van der Waals surface area contributed by atoms with Crippen molar-refractivity contribution in [1.29, 1.82) is 0 Å². The van der Waals surface area contributed by atoms with Crippen molar-refractivity contribution in [3.63, 3.8) is 0 Å². The van der Waals surface area contributed by atoms with Crippen molar-refractivity contribution in [3.8, 4) is 0 Å². The average molecular weight is 208 g/mol. The maximum absolute atomic E-state index is 11.0. The molecule has 3 N–H and O–H groups in total. The Bertz CT molecular complexity index is 365. The molecule has 1 unspecified atom stereocenters. The molecule has 2 heterocycles. The molecule has 1 aliphatic heterocycles. The normalized spacial score (nSPS) is 19.8. The molecule has 1 amide bonds. The number of aromatic nitrogens is 2. The zero-order chi connectivity index (χ0) is 10.8. The minimum atomic E-state index is -0.351. The molecule has 6 nitrogen and oxygen atoms in total. The molecule has 0 spiro atoms. The van der Waals surface area contributed by atoms with Crippen LogP contribution in [0.1, 0.15) is 12.0 Å². The maximum atomic E-state index is 11.0. The Morgan fingerprint density at radius 3 is 2.67 bits per heavy atom. The summed E-state index contributed by atoms with van der Waals surface area (Å²) >= 11 is 0. The largest absolute Gasteiger partial charge is 0.392 e. The first kappa shape index (κ1) is 9.85. The monoisotopic (exact) mass is 208 g/mol. The summed E-state index contributed by atoms with van der Waals surface area (Å²) in [6.07, 6.45) is 3.83. The number of aliphatic hydroxyl groups excluding tert-OH is 1. The number of aliphatic hydroxyl groups is 1. The van der Waals surface area contributed by atoms with Crippen LogP contribution in [0.5, 0.6) is 0 Å². The number of carbonyl (C=O) groups is 1. The Kier molecular flexibility index (Phi) is 2.51. The van der Waals surface area contributed by atoms with Crippen molar-refractivity contribution in [1.82, 2.24) is 9.97 Å². The van der Waals surface area contributed by atoms with Crippen molar-refractivity contribution >= 4 is 11.9 Å². The number of hydrogen-bond donors (Lipinski definition) is 2. The van der Waals surface area contributed by atoms with Crippen LogP contribution in [0.4, 0.5) is 5.95 Å². The lowest BCUT2D eigenvalue weighted by molar-refractivity contribution is -0.120. The lowest BCUT2D eigenvalue weighted by Crippen LogP contribution is -2.55. The van der Waals surface area contributed by atoms with Gasteiger partial charge in [0.25, 0.3) is 0 Å². The van der Waals surface area contributed by atoms with Gasteiger partial charge in [-0.05, 0) is 6.42 Å².